The fraction of sp³-hybridized carbons (Fsp3) is 0.415. The number of amides is 7. The largest absolute Gasteiger partial charge is 0.508 e. The SMILES string of the molecule is CC(O)C1NC(=O)C(NC(=O)c2ccc(-c3ccc(-c4ccccc4)cc3)cc2)CC(O)C(O)NC(=O)C2C(O)C(C)CN2C(=O)C(C(C)O)NC(=O)C(C(O)Cc2ccc(O)cc2)NC(=O)C2CC(O)CN2C1=O. The monoisotopic (exact) mass is 1040 g/mol. The first kappa shape index (κ1) is 55.4. The Morgan fingerprint density at radius 1 is 0.613 bits per heavy atom. The predicted molar refractivity (Wildman–Crippen MR) is 267 cm³/mol. The molecule has 22 heteroatoms. The summed E-state index contributed by atoms with van der Waals surface area (Å²) in [4.78, 5) is 101. The van der Waals surface area contributed by atoms with Crippen molar-refractivity contribution < 1.29 is 74.4 Å². The first-order valence-electron chi connectivity index (χ1n) is 24.5. The van der Waals surface area contributed by atoms with Crippen LogP contribution in [-0.4, -0.2) is 184 Å². The predicted octanol–water partition coefficient (Wildman–Crippen LogP) is -1.99. The summed E-state index contributed by atoms with van der Waals surface area (Å²) >= 11 is 0. The molecule has 3 aliphatic rings. The fourth-order valence-electron chi connectivity index (χ4n) is 9.54. The highest BCUT2D eigenvalue weighted by Crippen LogP contribution is 2.28. The lowest BCUT2D eigenvalue weighted by molar-refractivity contribution is -0.148. The molecule has 22 nitrogen and oxygen atoms in total. The fourth-order valence-corrected chi connectivity index (χ4v) is 9.54. The smallest absolute Gasteiger partial charge is 0.251 e. The number of aliphatic hydroxyl groups is 7. The lowest BCUT2D eigenvalue weighted by Crippen LogP contribution is -2.64. The van der Waals surface area contributed by atoms with Crippen LogP contribution in [0.4, 0.5) is 0 Å². The standard InChI is InChI=1S/C53H63N7O15/c1-26-24-60-44(45(26)67)51(73)58-49(71)40(66)23-37(54-46(68)34-17-15-33(16-18-34)32-13-11-31(12-14-32)30-7-5-4-6-8-30)47(69)55-41(27(2)61)52(74)59-25-36(64)22-38(59)48(70)57-43(50(72)56-42(28(3)62)53(60)75)39(65)21-29-9-19-35(63)20-10-29/h4-20,26-28,36-45,49,61-67,71H,21-25H2,1-3H3,(H,54,68)(H,55,69)(H,56,72)(H,57,70)(H,58,73). The molecule has 7 amide bonds. The number of aromatic hydroxyl groups is 1. The molecule has 3 saturated heterocycles. The van der Waals surface area contributed by atoms with Gasteiger partial charge in [-0.05, 0) is 65.9 Å². The number of carbonyl (C=O) groups is 7. The van der Waals surface area contributed by atoms with Crippen LogP contribution < -0.4 is 26.6 Å². The van der Waals surface area contributed by atoms with Crippen LogP contribution in [0.15, 0.2) is 103 Å². The van der Waals surface area contributed by atoms with Gasteiger partial charge in [-0.25, -0.2) is 0 Å². The highest BCUT2D eigenvalue weighted by Gasteiger charge is 2.50. The first-order valence-corrected chi connectivity index (χ1v) is 24.5. The van der Waals surface area contributed by atoms with Gasteiger partial charge in [0.15, 0.2) is 6.23 Å². The average molecular weight is 1040 g/mol. The van der Waals surface area contributed by atoms with Gasteiger partial charge in [-0.15, -0.1) is 0 Å². The number of hydrogen-bond donors (Lipinski definition) is 13. The van der Waals surface area contributed by atoms with Crippen molar-refractivity contribution in [1.29, 1.82) is 0 Å². The lowest BCUT2D eigenvalue weighted by atomic mass is 9.99. The van der Waals surface area contributed by atoms with Crippen molar-refractivity contribution in [3.63, 3.8) is 0 Å². The maximum absolute atomic E-state index is 14.4. The van der Waals surface area contributed by atoms with E-state index in [1.165, 1.54) is 43.3 Å². The Labute approximate surface area is 431 Å². The van der Waals surface area contributed by atoms with Crippen LogP contribution in [0.5, 0.6) is 5.75 Å². The maximum Gasteiger partial charge on any atom is 0.251 e. The summed E-state index contributed by atoms with van der Waals surface area (Å²) in [6, 6.07) is 18.1. The Morgan fingerprint density at radius 2 is 1.13 bits per heavy atom. The number of carbonyl (C=O) groups excluding carboxylic acids is 7. The van der Waals surface area contributed by atoms with E-state index in [0.717, 1.165) is 45.9 Å². The molecular formula is C53H63N7O15. The van der Waals surface area contributed by atoms with Crippen LogP contribution in [0.1, 0.15) is 49.5 Å². The molecule has 75 heavy (non-hydrogen) atoms. The summed E-state index contributed by atoms with van der Waals surface area (Å²) in [6.07, 6.45) is -14.2. The van der Waals surface area contributed by atoms with Crippen molar-refractivity contribution in [2.75, 3.05) is 13.1 Å². The molecule has 4 aromatic rings. The zero-order valence-electron chi connectivity index (χ0n) is 41.3. The van der Waals surface area contributed by atoms with E-state index >= 15 is 0 Å². The van der Waals surface area contributed by atoms with Gasteiger partial charge < -0.3 is 77.2 Å². The second kappa shape index (κ2) is 23.9. The molecule has 0 bridgehead atoms. The van der Waals surface area contributed by atoms with Gasteiger partial charge in [-0.1, -0.05) is 85.8 Å². The normalized spacial score (nSPS) is 28.6. The third-order valence-corrected chi connectivity index (χ3v) is 13.8. The van der Waals surface area contributed by atoms with Crippen LogP contribution in [-0.2, 0) is 35.2 Å². The summed E-state index contributed by atoms with van der Waals surface area (Å²) in [5.74, 6) is -8.80. The third-order valence-electron chi connectivity index (χ3n) is 13.8. The molecule has 13 N–H and O–H groups in total. The van der Waals surface area contributed by atoms with E-state index in [9.17, 15) is 74.4 Å². The second-order valence-electron chi connectivity index (χ2n) is 19.5. The number of phenols is 1. The van der Waals surface area contributed by atoms with E-state index < -0.39 is 146 Å². The number of benzene rings is 4. The second-order valence-corrected chi connectivity index (χ2v) is 19.5. The Morgan fingerprint density at radius 3 is 1.71 bits per heavy atom. The first-order chi connectivity index (χ1) is 35.6. The molecule has 3 heterocycles. The van der Waals surface area contributed by atoms with Gasteiger partial charge in [-0.2, -0.15) is 0 Å². The van der Waals surface area contributed by atoms with Crippen molar-refractivity contribution in [3.8, 4) is 28.0 Å². The van der Waals surface area contributed by atoms with Crippen molar-refractivity contribution in [1.82, 2.24) is 36.4 Å². The molecule has 14 unspecified atom stereocenters. The van der Waals surface area contributed by atoms with E-state index in [2.05, 4.69) is 26.6 Å². The van der Waals surface area contributed by atoms with Crippen LogP contribution in [0.3, 0.4) is 0 Å². The molecule has 0 saturated carbocycles. The van der Waals surface area contributed by atoms with Gasteiger partial charge >= 0.3 is 0 Å². The molecule has 0 aliphatic carbocycles. The highest BCUT2D eigenvalue weighted by molar-refractivity contribution is 6.00. The summed E-state index contributed by atoms with van der Waals surface area (Å²) < 4.78 is 0. The number of phenolic OH excluding ortho intramolecular Hbond substituents is 1. The molecule has 3 fully saturated rings. The van der Waals surface area contributed by atoms with E-state index in [0.29, 0.717) is 5.56 Å². The Kier molecular flexibility index (Phi) is 17.7. The zero-order chi connectivity index (χ0) is 54.4. The quantitative estimate of drug-likeness (QED) is 0.0864. The van der Waals surface area contributed by atoms with Crippen LogP contribution in [0.2, 0.25) is 0 Å². The summed E-state index contributed by atoms with van der Waals surface area (Å²) in [6.45, 7) is 2.90. The Hall–Kier alpha value is -7.31. The van der Waals surface area contributed by atoms with E-state index in [-0.39, 0.29) is 24.3 Å². The average Bonchev–Trinajstić information content (AvgIpc) is 3.93. The number of nitrogens with zero attached hydrogens (tertiary/aromatic N) is 2. The molecule has 0 aromatic heterocycles. The topological polar surface area (TPSA) is 348 Å². The third kappa shape index (κ3) is 13.0. The Balaban J connectivity index is 1.21. The van der Waals surface area contributed by atoms with Gasteiger partial charge in [-0.3, -0.25) is 33.6 Å². The van der Waals surface area contributed by atoms with E-state index in [1.807, 2.05) is 54.6 Å². The molecule has 7 rings (SSSR count). The number of hydrogen-bond acceptors (Lipinski definition) is 15. The van der Waals surface area contributed by atoms with Crippen molar-refractivity contribution in [2.45, 2.75) is 119 Å². The number of nitrogens with one attached hydrogen (secondary N) is 5. The molecular weight excluding hydrogens is 975 g/mol. The van der Waals surface area contributed by atoms with Crippen LogP contribution >= 0.6 is 0 Å². The zero-order valence-corrected chi connectivity index (χ0v) is 41.3. The van der Waals surface area contributed by atoms with E-state index in [1.54, 1.807) is 12.1 Å². The summed E-state index contributed by atoms with van der Waals surface area (Å²) in [7, 11) is 0. The summed E-state index contributed by atoms with van der Waals surface area (Å²) in [5, 5.41) is 99.8. The molecule has 14 atom stereocenters. The van der Waals surface area contributed by atoms with Gasteiger partial charge in [0.1, 0.15) is 48.1 Å². The Bertz CT molecular complexity index is 2690. The minimum atomic E-state index is -2.26. The number of fused-ring (bicyclic) bond motifs is 2. The lowest BCUT2D eigenvalue weighted by Gasteiger charge is -2.33. The minimum absolute atomic E-state index is 0.0327. The van der Waals surface area contributed by atoms with Gasteiger partial charge in [0, 0.05) is 43.8 Å². The van der Waals surface area contributed by atoms with Crippen LogP contribution in [0, 0.1) is 5.92 Å². The highest BCUT2D eigenvalue weighted by atomic mass is 16.3. The van der Waals surface area contributed by atoms with Crippen molar-refractivity contribution >= 4 is 41.4 Å². The minimum Gasteiger partial charge on any atom is -0.508 e. The molecule has 0 radical (unpaired) electrons. The molecule has 4 aromatic carbocycles. The molecule has 3 aliphatic heterocycles. The van der Waals surface area contributed by atoms with Crippen molar-refractivity contribution in [2.24, 2.45) is 5.92 Å². The van der Waals surface area contributed by atoms with Crippen molar-refractivity contribution in [3.05, 3.63) is 114 Å². The summed E-state index contributed by atoms with van der Waals surface area (Å²) in [5.41, 5.74) is 3.97. The van der Waals surface area contributed by atoms with Gasteiger partial charge in [0.05, 0.1) is 30.5 Å². The van der Waals surface area contributed by atoms with E-state index in [4.69, 9.17) is 0 Å². The molecule has 0 spiro atoms. The van der Waals surface area contributed by atoms with Crippen LogP contribution in [0.25, 0.3) is 22.3 Å². The maximum atomic E-state index is 14.4. The van der Waals surface area contributed by atoms with Gasteiger partial charge in [0.25, 0.3) is 5.91 Å². The number of aliphatic hydroxyl groups excluding tert-OH is 7. The number of rotatable bonds is 9. The van der Waals surface area contributed by atoms with Gasteiger partial charge in [0.2, 0.25) is 35.4 Å². The molecule has 400 valence electrons.